The van der Waals surface area contributed by atoms with Gasteiger partial charge >= 0.3 is 0 Å². The maximum Gasteiger partial charge on any atom is 0.265 e. The molecule has 0 saturated carbocycles. The largest absolute Gasteiger partial charge is 0.383 e. The molecule has 0 aliphatic rings. The topological polar surface area (TPSA) is 91.6 Å². The van der Waals surface area contributed by atoms with E-state index >= 15 is 0 Å². The van der Waals surface area contributed by atoms with Crippen LogP contribution in [0.15, 0.2) is 32.2 Å². The van der Waals surface area contributed by atoms with Gasteiger partial charge in [0.2, 0.25) is 0 Å². The molecule has 0 atom stereocenters. The molecule has 0 radical (unpaired) electrons. The van der Waals surface area contributed by atoms with Crippen molar-refractivity contribution in [2.75, 3.05) is 5.73 Å². The summed E-state index contributed by atoms with van der Waals surface area (Å²) in [7, 11) is 1.78. The maximum atomic E-state index is 12.1. The number of hydrogen-bond donors (Lipinski definition) is 1. The van der Waals surface area contributed by atoms with E-state index in [1.807, 2.05) is 0 Å². The first kappa shape index (κ1) is 14.2. The van der Waals surface area contributed by atoms with E-state index in [-0.39, 0.29) is 12.1 Å². The van der Waals surface area contributed by atoms with Gasteiger partial charge in [-0.2, -0.15) is 5.10 Å². The van der Waals surface area contributed by atoms with E-state index in [1.165, 1.54) is 4.57 Å². The molecule has 7 nitrogen and oxygen atoms in total. The van der Waals surface area contributed by atoms with Gasteiger partial charge in [-0.25, -0.2) is 9.97 Å². The Morgan fingerprint density at radius 3 is 2.86 bits per heavy atom. The average Bonchev–Trinajstić information content (AvgIpc) is 2.78. The summed E-state index contributed by atoms with van der Waals surface area (Å²) in [6.07, 6.45) is 3.30. The van der Waals surface area contributed by atoms with E-state index in [2.05, 4.69) is 46.9 Å². The minimum absolute atomic E-state index is 0.162. The van der Waals surface area contributed by atoms with Crippen LogP contribution in [0.2, 0.25) is 0 Å². The highest BCUT2D eigenvalue weighted by Gasteiger charge is 2.11. The summed E-state index contributed by atoms with van der Waals surface area (Å²) in [5, 5.41) is 4.80. The highest BCUT2D eigenvalue weighted by atomic mass is 79.9. The number of nitrogens with two attached hydrogens (primary N) is 1. The van der Waals surface area contributed by atoms with Crippen LogP contribution in [0.3, 0.4) is 0 Å². The van der Waals surface area contributed by atoms with Gasteiger partial charge in [-0.05, 0) is 37.9 Å². The number of halogens is 2. The van der Waals surface area contributed by atoms with Crippen molar-refractivity contribution in [3.63, 3.8) is 0 Å². The molecule has 0 unspecified atom stereocenters. The van der Waals surface area contributed by atoms with E-state index < -0.39 is 0 Å². The van der Waals surface area contributed by atoms with Crippen LogP contribution >= 0.6 is 31.9 Å². The number of rotatable bonds is 2. The van der Waals surface area contributed by atoms with Crippen molar-refractivity contribution in [3.8, 4) is 0 Å². The summed E-state index contributed by atoms with van der Waals surface area (Å²) in [4.78, 5) is 20.7. The molecule has 108 valence electrons. The van der Waals surface area contributed by atoms with E-state index in [9.17, 15) is 4.79 Å². The molecule has 21 heavy (non-hydrogen) atoms. The van der Waals surface area contributed by atoms with Gasteiger partial charge < -0.3 is 10.3 Å². The third kappa shape index (κ3) is 2.58. The van der Waals surface area contributed by atoms with Gasteiger partial charge in [0.05, 0.1) is 22.6 Å². The van der Waals surface area contributed by atoms with Gasteiger partial charge in [-0.3, -0.25) is 9.48 Å². The third-order valence-corrected chi connectivity index (χ3v) is 3.99. The first-order valence-corrected chi connectivity index (χ1v) is 7.54. The van der Waals surface area contributed by atoms with Crippen molar-refractivity contribution >= 4 is 48.7 Å². The lowest BCUT2D eigenvalue weighted by Crippen LogP contribution is -2.22. The number of aromatic nitrogens is 5. The van der Waals surface area contributed by atoms with Crippen LogP contribution < -0.4 is 11.3 Å². The van der Waals surface area contributed by atoms with Crippen molar-refractivity contribution in [3.05, 3.63) is 43.6 Å². The van der Waals surface area contributed by atoms with Gasteiger partial charge in [0.25, 0.3) is 5.56 Å². The predicted molar refractivity (Wildman–Crippen MR) is 85.9 cm³/mol. The van der Waals surface area contributed by atoms with Gasteiger partial charge in [-0.15, -0.1) is 0 Å². The number of fused-ring (bicyclic) bond motifs is 1. The van der Waals surface area contributed by atoms with Crippen molar-refractivity contribution in [1.29, 1.82) is 0 Å². The van der Waals surface area contributed by atoms with Gasteiger partial charge in [0, 0.05) is 17.7 Å². The first-order chi connectivity index (χ1) is 9.95. The zero-order valence-electron chi connectivity index (χ0n) is 10.9. The standard InChI is InChI=1S/C12H10Br2N6O/c1-19-11-7(3-16-19)10(15)17-9(18-11)5-20-4-6(13)2-8(14)12(20)21/h2-4H,5H2,1H3,(H2,15,17,18). The van der Waals surface area contributed by atoms with Crippen LogP contribution in [0.5, 0.6) is 0 Å². The highest BCUT2D eigenvalue weighted by Crippen LogP contribution is 2.17. The lowest BCUT2D eigenvalue weighted by Gasteiger charge is -2.07. The molecule has 0 amide bonds. The molecule has 0 spiro atoms. The Hall–Kier alpha value is -1.74. The van der Waals surface area contributed by atoms with Crippen LogP contribution in [0, 0.1) is 0 Å². The lowest BCUT2D eigenvalue weighted by atomic mass is 10.4. The summed E-state index contributed by atoms with van der Waals surface area (Å²) < 4.78 is 4.37. The second kappa shape index (κ2) is 5.23. The van der Waals surface area contributed by atoms with Crippen molar-refractivity contribution in [2.24, 2.45) is 7.05 Å². The van der Waals surface area contributed by atoms with Crippen molar-refractivity contribution in [2.45, 2.75) is 6.54 Å². The summed E-state index contributed by atoms with van der Waals surface area (Å²) in [5.74, 6) is 0.806. The van der Waals surface area contributed by atoms with Gasteiger partial charge in [0.15, 0.2) is 11.5 Å². The molecule has 0 saturated heterocycles. The molecule has 0 aliphatic heterocycles. The van der Waals surface area contributed by atoms with E-state index in [0.29, 0.717) is 27.1 Å². The molecule has 0 fully saturated rings. The fourth-order valence-corrected chi connectivity index (χ4v) is 3.25. The molecular formula is C12H10Br2N6O. The lowest BCUT2D eigenvalue weighted by molar-refractivity contribution is 0.707. The van der Waals surface area contributed by atoms with E-state index in [4.69, 9.17) is 5.73 Å². The maximum absolute atomic E-state index is 12.1. The Kier molecular flexibility index (Phi) is 3.54. The molecule has 3 aromatic heterocycles. The Bertz CT molecular complexity index is 901. The highest BCUT2D eigenvalue weighted by molar-refractivity contribution is 9.11. The molecule has 3 rings (SSSR count). The minimum Gasteiger partial charge on any atom is -0.383 e. The fraction of sp³-hybridized carbons (Fsp3) is 0.167. The second-order valence-corrected chi connectivity index (χ2v) is 6.24. The van der Waals surface area contributed by atoms with Crippen molar-refractivity contribution < 1.29 is 0 Å². The number of anilines is 1. The van der Waals surface area contributed by atoms with E-state index in [0.717, 1.165) is 4.47 Å². The predicted octanol–water partition coefficient (Wildman–Crippen LogP) is 1.68. The quantitative estimate of drug-likeness (QED) is 0.690. The summed E-state index contributed by atoms with van der Waals surface area (Å²) in [6, 6.07) is 1.69. The van der Waals surface area contributed by atoms with Crippen LogP contribution in [-0.2, 0) is 13.6 Å². The summed E-state index contributed by atoms with van der Waals surface area (Å²) in [6.45, 7) is 0.224. The molecule has 0 aromatic carbocycles. The number of aryl methyl sites for hydroxylation is 1. The SMILES string of the molecule is Cn1ncc2c(N)nc(Cn3cc(Br)cc(Br)c3=O)nc21. The zero-order chi connectivity index (χ0) is 15.1. The van der Waals surface area contributed by atoms with Gasteiger partial charge in [-0.1, -0.05) is 0 Å². The number of hydrogen-bond acceptors (Lipinski definition) is 5. The number of nitrogens with zero attached hydrogens (tertiary/aromatic N) is 5. The Morgan fingerprint density at radius 2 is 2.10 bits per heavy atom. The third-order valence-electron chi connectivity index (χ3n) is 2.99. The van der Waals surface area contributed by atoms with Crippen molar-refractivity contribution in [1.82, 2.24) is 24.3 Å². The molecule has 0 aliphatic carbocycles. The molecule has 3 aromatic rings. The Labute approximate surface area is 136 Å². The average molecular weight is 414 g/mol. The summed E-state index contributed by atoms with van der Waals surface area (Å²) in [5.41, 5.74) is 6.39. The fourth-order valence-electron chi connectivity index (χ4n) is 2.00. The van der Waals surface area contributed by atoms with Crippen LogP contribution in [0.4, 0.5) is 5.82 Å². The molecule has 0 bridgehead atoms. The normalized spacial score (nSPS) is 11.2. The number of pyridine rings is 1. The zero-order valence-corrected chi connectivity index (χ0v) is 14.1. The Balaban J connectivity index is 2.10. The Morgan fingerprint density at radius 1 is 1.33 bits per heavy atom. The monoisotopic (exact) mass is 412 g/mol. The van der Waals surface area contributed by atoms with Crippen LogP contribution in [0.1, 0.15) is 5.82 Å². The molecule has 9 heteroatoms. The molecule has 2 N–H and O–H groups in total. The van der Waals surface area contributed by atoms with E-state index in [1.54, 1.807) is 30.2 Å². The second-order valence-electron chi connectivity index (χ2n) is 4.47. The smallest absolute Gasteiger partial charge is 0.265 e. The number of nitrogen functional groups attached to an aromatic ring is 1. The first-order valence-electron chi connectivity index (χ1n) is 5.95. The molecule has 3 heterocycles. The van der Waals surface area contributed by atoms with Crippen LogP contribution in [-0.4, -0.2) is 24.3 Å². The van der Waals surface area contributed by atoms with Crippen LogP contribution in [0.25, 0.3) is 11.0 Å². The minimum atomic E-state index is -0.162. The van der Waals surface area contributed by atoms with Gasteiger partial charge in [0.1, 0.15) is 5.82 Å². The molecular weight excluding hydrogens is 404 g/mol. The summed E-state index contributed by atoms with van der Waals surface area (Å²) >= 11 is 6.58.